The van der Waals surface area contributed by atoms with E-state index in [4.69, 9.17) is 27.9 Å². The fourth-order valence-electron chi connectivity index (χ4n) is 2.27. The van der Waals surface area contributed by atoms with Crippen LogP contribution in [0.25, 0.3) is 0 Å². The van der Waals surface area contributed by atoms with Gasteiger partial charge in [0.25, 0.3) is 5.91 Å². The zero-order chi connectivity index (χ0) is 19.6. The highest BCUT2D eigenvalue weighted by Gasteiger charge is 2.07. The fraction of sp³-hybridized carbons (Fsp3) is 0.263. The standard InChI is InChI=1S/C19H21Cl2N3O3/c1-27-8-2-7-22-19(26)13-3-5-16(6-4-13)24-18(25)12-23-17-10-14(20)9-15(21)11-17/h3-6,9-11,23H,2,7-8,12H2,1H3,(H,22,26)(H,24,25). The average molecular weight is 410 g/mol. The highest BCUT2D eigenvalue weighted by atomic mass is 35.5. The maximum absolute atomic E-state index is 12.0. The number of rotatable bonds is 9. The molecule has 0 atom stereocenters. The van der Waals surface area contributed by atoms with E-state index in [0.717, 1.165) is 6.42 Å². The number of ether oxygens (including phenoxy) is 1. The Bertz CT molecular complexity index is 762. The molecule has 2 amide bonds. The Kier molecular flexibility index (Phi) is 8.39. The summed E-state index contributed by atoms with van der Waals surface area (Å²) in [5.41, 5.74) is 1.78. The molecule has 144 valence electrons. The summed E-state index contributed by atoms with van der Waals surface area (Å²) in [6.07, 6.45) is 0.751. The Hall–Kier alpha value is -2.28. The van der Waals surface area contributed by atoms with Crippen molar-refractivity contribution in [3.8, 4) is 0 Å². The SMILES string of the molecule is COCCCNC(=O)c1ccc(NC(=O)CNc2cc(Cl)cc(Cl)c2)cc1. The van der Waals surface area contributed by atoms with Crippen LogP contribution in [0.4, 0.5) is 11.4 Å². The summed E-state index contributed by atoms with van der Waals surface area (Å²) < 4.78 is 4.93. The number of carbonyl (C=O) groups excluding carboxylic acids is 2. The molecule has 2 rings (SSSR count). The quantitative estimate of drug-likeness (QED) is 0.550. The van der Waals surface area contributed by atoms with Gasteiger partial charge >= 0.3 is 0 Å². The molecule has 0 aliphatic heterocycles. The summed E-state index contributed by atoms with van der Waals surface area (Å²) in [6.45, 7) is 1.20. The molecule has 0 aliphatic carbocycles. The largest absolute Gasteiger partial charge is 0.385 e. The summed E-state index contributed by atoms with van der Waals surface area (Å²) in [7, 11) is 1.62. The number of carbonyl (C=O) groups is 2. The minimum atomic E-state index is -0.233. The molecule has 3 N–H and O–H groups in total. The van der Waals surface area contributed by atoms with Crippen molar-refractivity contribution in [3.05, 3.63) is 58.1 Å². The third-order valence-electron chi connectivity index (χ3n) is 3.56. The number of benzene rings is 2. The van der Waals surface area contributed by atoms with Gasteiger partial charge in [-0.25, -0.2) is 0 Å². The fourth-order valence-corrected chi connectivity index (χ4v) is 2.79. The molecule has 0 aliphatic rings. The summed E-state index contributed by atoms with van der Waals surface area (Å²) in [4.78, 5) is 24.0. The Morgan fingerprint density at radius 1 is 1.00 bits per heavy atom. The normalized spacial score (nSPS) is 10.3. The van der Waals surface area contributed by atoms with E-state index in [1.807, 2.05) is 0 Å². The van der Waals surface area contributed by atoms with Crippen molar-refractivity contribution in [1.82, 2.24) is 5.32 Å². The molecule has 27 heavy (non-hydrogen) atoms. The van der Waals surface area contributed by atoms with Gasteiger partial charge in [0.1, 0.15) is 0 Å². The molecule has 8 heteroatoms. The zero-order valence-electron chi connectivity index (χ0n) is 14.9. The van der Waals surface area contributed by atoms with Crippen molar-refractivity contribution in [3.63, 3.8) is 0 Å². The van der Waals surface area contributed by atoms with Gasteiger partial charge in [-0.3, -0.25) is 9.59 Å². The minimum Gasteiger partial charge on any atom is -0.385 e. The monoisotopic (exact) mass is 409 g/mol. The van der Waals surface area contributed by atoms with Crippen LogP contribution in [0, 0.1) is 0 Å². The van der Waals surface area contributed by atoms with Gasteiger partial charge in [-0.05, 0) is 48.9 Å². The van der Waals surface area contributed by atoms with Gasteiger partial charge in [-0.15, -0.1) is 0 Å². The lowest BCUT2D eigenvalue weighted by Crippen LogP contribution is -2.25. The molecular formula is C19H21Cl2N3O3. The second kappa shape index (κ2) is 10.8. The maximum atomic E-state index is 12.0. The van der Waals surface area contributed by atoms with Gasteiger partial charge < -0.3 is 20.7 Å². The molecule has 0 radical (unpaired) electrons. The molecule has 0 fully saturated rings. The molecule has 0 aromatic heterocycles. The number of methoxy groups -OCH3 is 1. The third-order valence-corrected chi connectivity index (χ3v) is 3.99. The van der Waals surface area contributed by atoms with Crippen molar-refractivity contribution in [2.45, 2.75) is 6.42 Å². The summed E-state index contributed by atoms with van der Waals surface area (Å²) in [5.74, 6) is -0.397. The summed E-state index contributed by atoms with van der Waals surface area (Å²) in [6, 6.07) is 11.7. The lowest BCUT2D eigenvalue weighted by molar-refractivity contribution is -0.114. The highest BCUT2D eigenvalue weighted by Crippen LogP contribution is 2.22. The molecule has 2 aromatic carbocycles. The van der Waals surface area contributed by atoms with Crippen molar-refractivity contribution in [2.24, 2.45) is 0 Å². The Labute approximate surface area is 168 Å². The van der Waals surface area contributed by atoms with E-state index in [1.165, 1.54) is 0 Å². The van der Waals surface area contributed by atoms with E-state index < -0.39 is 0 Å². The molecule has 6 nitrogen and oxygen atoms in total. The molecular weight excluding hydrogens is 389 g/mol. The Morgan fingerprint density at radius 2 is 1.67 bits per heavy atom. The second-order valence-electron chi connectivity index (χ2n) is 5.74. The van der Waals surface area contributed by atoms with E-state index >= 15 is 0 Å². The Morgan fingerprint density at radius 3 is 2.30 bits per heavy atom. The average Bonchev–Trinajstić information content (AvgIpc) is 2.63. The van der Waals surface area contributed by atoms with Crippen LogP contribution in [0.15, 0.2) is 42.5 Å². The number of hydrogen-bond acceptors (Lipinski definition) is 4. The first kappa shape index (κ1) is 21.0. The van der Waals surface area contributed by atoms with Crippen LogP contribution in [0.5, 0.6) is 0 Å². The molecule has 0 saturated carbocycles. The first-order chi connectivity index (χ1) is 13.0. The van der Waals surface area contributed by atoms with Crippen molar-refractivity contribution >= 4 is 46.4 Å². The summed E-state index contributed by atoms with van der Waals surface area (Å²) in [5, 5.41) is 9.48. The van der Waals surface area contributed by atoms with Gasteiger partial charge in [-0.1, -0.05) is 23.2 Å². The van der Waals surface area contributed by atoms with Crippen LogP contribution < -0.4 is 16.0 Å². The number of nitrogens with one attached hydrogen (secondary N) is 3. The van der Waals surface area contributed by atoms with E-state index in [2.05, 4.69) is 16.0 Å². The van der Waals surface area contributed by atoms with Gasteiger partial charge in [0, 0.05) is 47.2 Å². The first-order valence-corrected chi connectivity index (χ1v) is 9.10. The van der Waals surface area contributed by atoms with Crippen LogP contribution in [0.2, 0.25) is 10.0 Å². The number of anilines is 2. The van der Waals surface area contributed by atoms with E-state index in [0.29, 0.717) is 40.1 Å². The predicted octanol–water partition coefficient (Wildman–Crippen LogP) is 3.81. The van der Waals surface area contributed by atoms with Crippen molar-refractivity contribution in [1.29, 1.82) is 0 Å². The molecule has 0 unspecified atom stereocenters. The maximum Gasteiger partial charge on any atom is 0.251 e. The highest BCUT2D eigenvalue weighted by molar-refractivity contribution is 6.35. The number of amides is 2. The molecule has 2 aromatic rings. The lowest BCUT2D eigenvalue weighted by atomic mass is 10.2. The van der Waals surface area contributed by atoms with Crippen molar-refractivity contribution in [2.75, 3.05) is 37.4 Å². The van der Waals surface area contributed by atoms with E-state index in [9.17, 15) is 9.59 Å². The molecule has 0 saturated heterocycles. The molecule has 0 heterocycles. The second-order valence-corrected chi connectivity index (χ2v) is 6.61. The number of halogens is 2. The van der Waals surface area contributed by atoms with E-state index in [-0.39, 0.29) is 18.4 Å². The first-order valence-electron chi connectivity index (χ1n) is 8.35. The molecule has 0 spiro atoms. The van der Waals surface area contributed by atoms with Crippen LogP contribution in [0.1, 0.15) is 16.8 Å². The Balaban J connectivity index is 1.81. The van der Waals surface area contributed by atoms with Crippen LogP contribution in [-0.2, 0) is 9.53 Å². The van der Waals surface area contributed by atoms with Gasteiger partial charge in [0.05, 0.1) is 6.54 Å². The van der Waals surface area contributed by atoms with Gasteiger partial charge in [0.15, 0.2) is 0 Å². The van der Waals surface area contributed by atoms with Gasteiger partial charge in [-0.2, -0.15) is 0 Å². The third kappa shape index (κ3) is 7.46. The topological polar surface area (TPSA) is 79.5 Å². The van der Waals surface area contributed by atoms with Gasteiger partial charge in [0.2, 0.25) is 5.91 Å². The number of hydrogen-bond donors (Lipinski definition) is 3. The molecule has 0 bridgehead atoms. The predicted molar refractivity (Wildman–Crippen MR) is 109 cm³/mol. The summed E-state index contributed by atoms with van der Waals surface area (Å²) >= 11 is 11.8. The van der Waals surface area contributed by atoms with Crippen molar-refractivity contribution < 1.29 is 14.3 Å². The van der Waals surface area contributed by atoms with Crippen LogP contribution in [-0.4, -0.2) is 38.6 Å². The smallest absolute Gasteiger partial charge is 0.251 e. The van der Waals surface area contributed by atoms with Crippen LogP contribution in [0.3, 0.4) is 0 Å². The van der Waals surface area contributed by atoms with E-state index in [1.54, 1.807) is 49.6 Å². The lowest BCUT2D eigenvalue weighted by Gasteiger charge is -2.09. The van der Waals surface area contributed by atoms with Crippen LogP contribution >= 0.6 is 23.2 Å². The zero-order valence-corrected chi connectivity index (χ0v) is 16.4. The minimum absolute atomic E-state index is 0.0540.